The van der Waals surface area contributed by atoms with Gasteiger partial charge in [-0.2, -0.15) is 0 Å². The number of allylic oxidation sites excluding steroid dienone is 5. The average Bonchev–Trinajstić information content (AvgIpc) is 2.34. The minimum absolute atomic E-state index is 0.212. The van der Waals surface area contributed by atoms with Crippen molar-refractivity contribution in [3.8, 4) is 0 Å². The molecule has 0 bridgehead atoms. The van der Waals surface area contributed by atoms with Gasteiger partial charge in [0.2, 0.25) is 0 Å². The summed E-state index contributed by atoms with van der Waals surface area (Å²) in [6, 6.07) is -0.414. The van der Waals surface area contributed by atoms with Gasteiger partial charge in [0.05, 0.1) is 6.61 Å². The molecule has 0 spiro atoms. The van der Waals surface area contributed by atoms with Gasteiger partial charge in [-0.3, -0.25) is 0 Å². The van der Waals surface area contributed by atoms with E-state index >= 15 is 0 Å². The monoisotopic (exact) mass is 247 g/mol. The molecule has 1 atom stereocenters. The lowest BCUT2D eigenvalue weighted by Crippen LogP contribution is -2.44. The quantitative estimate of drug-likeness (QED) is 0.730. The second kappa shape index (κ2) is 5.69. The minimum atomic E-state index is -0.414. The molecule has 0 aromatic rings. The topological polar surface area (TPSA) is 58.6 Å². The Bertz CT molecular complexity index is 458. The first-order valence-electron chi connectivity index (χ1n) is 6.11. The summed E-state index contributed by atoms with van der Waals surface area (Å²) in [7, 11) is 0. The van der Waals surface area contributed by atoms with Crippen LogP contribution in [0.3, 0.4) is 0 Å². The highest BCUT2D eigenvalue weighted by atomic mass is 16.5. The number of ether oxygens (including phenoxy) is 1. The Kier molecular flexibility index (Phi) is 3.99. The molecule has 0 amide bonds. The van der Waals surface area contributed by atoms with Crippen molar-refractivity contribution >= 4 is 5.97 Å². The first-order valence-corrected chi connectivity index (χ1v) is 6.11. The lowest BCUT2D eigenvalue weighted by molar-refractivity contribution is -0.144. The molecule has 1 fully saturated rings. The molecule has 0 aromatic carbocycles. The third kappa shape index (κ3) is 2.71. The van der Waals surface area contributed by atoms with Crippen molar-refractivity contribution in [2.75, 3.05) is 13.2 Å². The van der Waals surface area contributed by atoms with Gasteiger partial charge >= 0.3 is 5.97 Å². The number of aliphatic hydroxyl groups is 1. The Labute approximate surface area is 106 Å². The number of carbonyl (C=O) groups is 1. The van der Waals surface area contributed by atoms with Gasteiger partial charge in [-0.1, -0.05) is 18.2 Å². The third-order valence-electron chi connectivity index (χ3n) is 2.94. The smallest absolute Gasteiger partial charge is 0.327 e. The fourth-order valence-corrected chi connectivity index (χ4v) is 2.10. The number of fused-ring (bicyclic) bond motifs is 1. The van der Waals surface area contributed by atoms with Gasteiger partial charge in [-0.05, 0) is 36.6 Å². The van der Waals surface area contributed by atoms with E-state index in [0.717, 1.165) is 24.1 Å². The van der Waals surface area contributed by atoms with E-state index in [1.165, 1.54) is 0 Å². The summed E-state index contributed by atoms with van der Waals surface area (Å²) in [4.78, 5) is 11.9. The van der Waals surface area contributed by atoms with Gasteiger partial charge < -0.3 is 15.2 Å². The molecular weight excluding hydrogens is 230 g/mol. The zero-order valence-electron chi connectivity index (χ0n) is 10.3. The molecule has 1 aliphatic heterocycles. The molecule has 1 unspecified atom stereocenters. The summed E-state index contributed by atoms with van der Waals surface area (Å²) in [6.07, 6.45) is 9.52. The van der Waals surface area contributed by atoms with Gasteiger partial charge in [0.15, 0.2) is 0 Å². The zero-order valence-corrected chi connectivity index (χ0v) is 10.3. The van der Waals surface area contributed by atoms with Gasteiger partial charge in [-0.25, -0.2) is 4.79 Å². The summed E-state index contributed by atoms with van der Waals surface area (Å²) in [6.45, 7) is 2.90. The third-order valence-corrected chi connectivity index (χ3v) is 2.94. The van der Waals surface area contributed by atoms with Crippen molar-refractivity contribution in [3.05, 3.63) is 47.3 Å². The lowest BCUT2D eigenvalue weighted by Gasteiger charge is -2.27. The van der Waals surface area contributed by atoms with Crippen LogP contribution in [-0.4, -0.2) is 30.3 Å². The van der Waals surface area contributed by atoms with Crippen LogP contribution in [0.2, 0.25) is 0 Å². The van der Waals surface area contributed by atoms with Crippen LogP contribution in [0.1, 0.15) is 13.3 Å². The van der Waals surface area contributed by atoms with E-state index in [2.05, 4.69) is 5.32 Å². The van der Waals surface area contributed by atoms with E-state index in [9.17, 15) is 9.90 Å². The van der Waals surface area contributed by atoms with Gasteiger partial charge in [0, 0.05) is 6.54 Å². The fraction of sp³-hybridized carbons (Fsp3) is 0.357. The van der Waals surface area contributed by atoms with Crippen molar-refractivity contribution < 1.29 is 14.6 Å². The Morgan fingerprint density at radius 1 is 1.50 bits per heavy atom. The number of nitrogens with one attached hydrogen (secondary N) is 1. The molecular formula is C14H17NO3. The summed E-state index contributed by atoms with van der Waals surface area (Å²) in [5, 5.41) is 12.6. The van der Waals surface area contributed by atoms with Crippen LogP contribution < -0.4 is 5.32 Å². The van der Waals surface area contributed by atoms with Gasteiger partial charge in [0.25, 0.3) is 0 Å². The van der Waals surface area contributed by atoms with E-state index < -0.39 is 6.04 Å². The van der Waals surface area contributed by atoms with Crippen molar-refractivity contribution in [1.29, 1.82) is 0 Å². The molecule has 0 aromatic heterocycles. The molecule has 4 nitrogen and oxygen atoms in total. The number of esters is 1. The molecule has 0 radical (unpaired) electrons. The highest BCUT2D eigenvalue weighted by Crippen LogP contribution is 2.24. The van der Waals surface area contributed by atoms with Crippen LogP contribution in [0, 0.1) is 0 Å². The van der Waals surface area contributed by atoms with Crippen molar-refractivity contribution in [2.24, 2.45) is 0 Å². The first kappa shape index (κ1) is 12.6. The second-order valence-corrected chi connectivity index (χ2v) is 4.15. The number of hydrogen-bond donors (Lipinski definition) is 2. The second-order valence-electron chi connectivity index (χ2n) is 4.15. The van der Waals surface area contributed by atoms with E-state index in [4.69, 9.17) is 4.74 Å². The maximum absolute atomic E-state index is 11.9. The van der Waals surface area contributed by atoms with E-state index in [-0.39, 0.29) is 11.7 Å². The predicted molar refractivity (Wildman–Crippen MR) is 69.1 cm³/mol. The molecule has 0 saturated carbocycles. The molecule has 18 heavy (non-hydrogen) atoms. The summed E-state index contributed by atoms with van der Waals surface area (Å²) in [5.41, 5.74) is 1.97. The molecule has 1 saturated heterocycles. The maximum Gasteiger partial charge on any atom is 0.327 e. The minimum Gasteiger partial charge on any atom is -0.508 e. The highest BCUT2D eigenvalue weighted by molar-refractivity contribution is 5.82. The van der Waals surface area contributed by atoms with Crippen LogP contribution in [0.5, 0.6) is 0 Å². The van der Waals surface area contributed by atoms with Crippen LogP contribution in [0.15, 0.2) is 47.3 Å². The van der Waals surface area contributed by atoms with E-state index in [0.29, 0.717) is 6.61 Å². The molecule has 2 N–H and O–H groups in total. The molecule has 1 aliphatic carbocycles. The number of rotatable bonds is 2. The Morgan fingerprint density at radius 2 is 2.33 bits per heavy atom. The van der Waals surface area contributed by atoms with Crippen LogP contribution in [0.25, 0.3) is 0 Å². The normalized spacial score (nSPS) is 33.4. The molecule has 1 heterocycles. The fourth-order valence-electron chi connectivity index (χ4n) is 2.10. The number of carbonyl (C=O) groups excluding carboxylic acids is 1. The Balaban J connectivity index is 2.28. The van der Waals surface area contributed by atoms with Crippen molar-refractivity contribution in [3.63, 3.8) is 0 Å². The highest BCUT2D eigenvalue weighted by Gasteiger charge is 2.29. The van der Waals surface area contributed by atoms with Crippen LogP contribution >= 0.6 is 0 Å². The van der Waals surface area contributed by atoms with Gasteiger partial charge in [-0.15, -0.1) is 0 Å². The SMILES string of the molecule is CCOC(=O)C1NCCC2=C/C=C(O)\C=C/C=C\21. The summed E-state index contributed by atoms with van der Waals surface area (Å²) >= 11 is 0. The van der Waals surface area contributed by atoms with Crippen LogP contribution in [0.4, 0.5) is 0 Å². The van der Waals surface area contributed by atoms with E-state index in [1.807, 2.05) is 12.2 Å². The van der Waals surface area contributed by atoms with Crippen LogP contribution in [-0.2, 0) is 9.53 Å². The maximum atomic E-state index is 11.9. The molecule has 2 rings (SSSR count). The largest absolute Gasteiger partial charge is 0.508 e. The van der Waals surface area contributed by atoms with Gasteiger partial charge in [0.1, 0.15) is 11.8 Å². The summed E-state index contributed by atoms with van der Waals surface area (Å²) in [5.74, 6) is -0.0412. The Hall–Kier alpha value is -1.81. The predicted octanol–water partition coefficient (Wildman–Crippen LogP) is 1.78. The first-order chi connectivity index (χ1) is 8.72. The number of aliphatic hydroxyl groups excluding tert-OH is 1. The molecule has 4 heteroatoms. The van der Waals surface area contributed by atoms with Crippen molar-refractivity contribution in [1.82, 2.24) is 5.32 Å². The van der Waals surface area contributed by atoms with Crippen molar-refractivity contribution in [2.45, 2.75) is 19.4 Å². The summed E-state index contributed by atoms with van der Waals surface area (Å²) < 4.78 is 5.07. The Morgan fingerprint density at radius 3 is 3.11 bits per heavy atom. The molecule has 2 aliphatic rings. The molecule has 96 valence electrons. The zero-order chi connectivity index (χ0) is 13.0. The number of piperidine rings is 1. The average molecular weight is 247 g/mol. The lowest BCUT2D eigenvalue weighted by atomic mass is 9.90. The van der Waals surface area contributed by atoms with E-state index in [1.54, 1.807) is 25.2 Å². The number of hydrogen-bond acceptors (Lipinski definition) is 4. The standard InChI is InChI=1S/C14H17NO3/c1-2-18-14(17)13-12-5-3-4-11(16)7-6-10(12)8-9-15-13/h3-7,13,15-16H,2,8-9H2,1H3/b4-3-,5-3?,7-6?,10-6-,11-4?,11-7+,12-5+.